The molecule has 102 valence electrons. The van der Waals surface area contributed by atoms with Gasteiger partial charge in [0.1, 0.15) is 11.6 Å². The van der Waals surface area contributed by atoms with Gasteiger partial charge in [-0.3, -0.25) is 14.9 Å². The molecule has 0 radical (unpaired) electrons. The largest absolute Gasteiger partial charge is 0.467 e. The Hall–Kier alpha value is -2.44. The van der Waals surface area contributed by atoms with E-state index in [1.165, 1.54) is 26.2 Å². The summed E-state index contributed by atoms with van der Waals surface area (Å²) in [5, 5.41) is 13.3. The van der Waals surface area contributed by atoms with Crippen LogP contribution >= 0.6 is 0 Å². The molecule has 0 aliphatic rings. The van der Waals surface area contributed by atoms with Crippen molar-refractivity contribution < 1.29 is 19.2 Å². The highest BCUT2D eigenvalue weighted by Gasteiger charge is 2.25. The van der Waals surface area contributed by atoms with Crippen LogP contribution in [0.1, 0.15) is 22.8 Å². The second-order valence-corrected chi connectivity index (χ2v) is 3.94. The molecule has 1 rings (SSSR count). The number of aryl methyl sites for hydroxylation is 1. The molecule has 1 aromatic rings. The molecule has 0 saturated carbocycles. The van der Waals surface area contributed by atoms with Crippen LogP contribution in [-0.4, -0.2) is 30.0 Å². The highest BCUT2D eigenvalue weighted by Crippen LogP contribution is 2.21. The Labute approximate surface area is 109 Å². The summed E-state index contributed by atoms with van der Waals surface area (Å²) in [6.07, 6.45) is 0. The molecule has 1 N–H and O–H groups in total. The molecule has 1 aromatic carbocycles. The van der Waals surface area contributed by atoms with Crippen molar-refractivity contribution >= 4 is 17.6 Å². The van der Waals surface area contributed by atoms with E-state index in [0.717, 1.165) is 0 Å². The summed E-state index contributed by atoms with van der Waals surface area (Å²) in [5.41, 5.74) is 0.113. The molecule has 0 saturated heterocycles. The monoisotopic (exact) mass is 266 g/mol. The van der Waals surface area contributed by atoms with E-state index in [9.17, 15) is 19.7 Å². The molecule has 0 aromatic heterocycles. The van der Waals surface area contributed by atoms with E-state index < -0.39 is 22.8 Å². The number of carbonyl (C=O) groups is 2. The predicted octanol–water partition coefficient (Wildman–Crippen LogP) is 1.19. The summed E-state index contributed by atoms with van der Waals surface area (Å²) >= 11 is 0. The zero-order valence-corrected chi connectivity index (χ0v) is 10.8. The number of hydrogen-bond donors (Lipinski definition) is 1. The van der Waals surface area contributed by atoms with Crippen LogP contribution in [-0.2, 0) is 9.53 Å². The summed E-state index contributed by atoms with van der Waals surface area (Å²) < 4.78 is 4.47. The van der Waals surface area contributed by atoms with E-state index in [1.807, 2.05) is 0 Å². The highest BCUT2D eigenvalue weighted by atomic mass is 16.6. The molecule has 7 heteroatoms. The van der Waals surface area contributed by atoms with E-state index in [4.69, 9.17) is 0 Å². The average Bonchev–Trinajstić information content (AvgIpc) is 2.36. The third-order valence-corrected chi connectivity index (χ3v) is 2.58. The van der Waals surface area contributed by atoms with Crippen LogP contribution in [0.5, 0.6) is 0 Å². The van der Waals surface area contributed by atoms with Crippen molar-refractivity contribution in [2.24, 2.45) is 0 Å². The van der Waals surface area contributed by atoms with E-state index in [1.54, 1.807) is 13.0 Å². The lowest BCUT2D eigenvalue weighted by atomic mass is 10.1. The number of ether oxygens (including phenoxy) is 1. The Bertz CT molecular complexity index is 527. The fourth-order valence-electron chi connectivity index (χ4n) is 1.60. The zero-order chi connectivity index (χ0) is 14.6. The van der Waals surface area contributed by atoms with Gasteiger partial charge in [0, 0.05) is 6.07 Å². The van der Waals surface area contributed by atoms with Gasteiger partial charge in [-0.15, -0.1) is 0 Å². The van der Waals surface area contributed by atoms with Crippen molar-refractivity contribution in [1.82, 2.24) is 5.32 Å². The van der Waals surface area contributed by atoms with Gasteiger partial charge in [-0.1, -0.05) is 12.1 Å². The molecule has 7 nitrogen and oxygen atoms in total. The van der Waals surface area contributed by atoms with Crippen molar-refractivity contribution in [2.45, 2.75) is 19.9 Å². The molecule has 0 aliphatic heterocycles. The summed E-state index contributed by atoms with van der Waals surface area (Å²) in [6, 6.07) is 3.44. The Morgan fingerprint density at radius 2 is 2.05 bits per heavy atom. The van der Waals surface area contributed by atoms with Gasteiger partial charge in [-0.2, -0.15) is 0 Å². The number of methoxy groups -OCH3 is 1. The SMILES string of the molecule is COC(=O)C(C)NC(=O)c1c(C)cccc1[N+](=O)[O-]. The van der Waals surface area contributed by atoms with Crippen LogP contribution in [0.2, 0.25) is 0 Å². The van der Waals surface area contributed by atoms with Gasteiger partial charge < -0.3 is 10.1 Å². The third-order valence-electron chi connectivity index (χ3n) is 2.58. The van der Waals surface area contributed by atoms with Gasteiger partial charge in [0.15, 0.2) is 0 Å². The number of nitro benzene ring substituents is 1. The van der Waals surface area contributed by atoms with E-state index >= 15 is 0 Å². The molecule has 0 aliphatic carbocycles. The first kappa shape index (κ1) is 14.6. The van der Waals surface area contributed by atoms with E-state index in [2.05, 4.69) is 10.1 Å². The maximum Gasteiger partial charge on any atom is 0.328 e. The lowest BCUT2D eigenvalue weighted by Gasteiger charge is -2.12. The van der Waals surface area contributed by atoms with Crippen molar-refractivity contribution in [3.05, 3.63) is 39.4 Å². The Kier molecular flexibility index (Phi) is 4.57. The summed E-state index contributed by atoms with van der Waals surface area (Å²) in [4.78, 5) is 33.5. The van der Waals surface area contributed by atoms with Crippen LogP contribution in [0.25, 0.3) is 0 Å². The first-order valence-corrected chi connectivity index (χ1v) is 5.51. The van der Waals surface area contributed by atoms with Gasteiger partial charge in [0.05, 0.1) is 12.0 Å². The molecule has 0 spiro atoms. The van der Waals surface area contributed by atoms with Crippen LogP contribution < -0.4 is 5.32 Å². The first-order chi connectivity index (χ1) is 8.88. The fourth-order valence-corrected chi connectivity index (χ4v) is 1.60. The Balaban J connectivity index is 3.06. The number of esters is 1. The van der Waals surface area contributed by atoms with Crippen molar-refractivity contribution in [2.75, 3.05) is 7.11 Å². The number of amides is 1. The number of benzene rings is 1. The highest BCUT2D eigenvalue weighted by molar-refractivity contribution is 6.01. The van der Waals surface area contributed by atoms with Crippen LogP contribution in [0.15, 0.2) is 18.2 Å². The topological polar surface area (TPSA) is 98.5 Å². The van der Waals surface area contributed by atoms with Gasteiger partial charge in [0.25, 0.3) is 11.6 Å². The lowest BCUT2D eigenvalue weighted by molar-refractivity contribution is -0.385. The molecule has 0 fully saturated rings. The van der Waals surface area contributed by atoms with Crippen molar-refractivity contribution in [1.29, 1.82) is 0 Å². The molecule has 19 heavy (non-hydrogen) atoms. The van der Waals surface area contributed by atoms with E-state index in [-0.39, 0.29) is 11.3 Å². The molecule has 1 atom stereocenters. The average molecular weight is 266 g/mol. The molecular weight excluding hydrogens is 252 g/mol. The Morgan fingerprint density at radius 1 is 1.42 bits per heavy atom. The normalized spacial score (nSPS) is 11.5. The molecular formula is C12H14N2O5. The van der Waals surface area contributed by atoms with Gasteiger partial charge in [-0.25, -0.2) is 4.79 Å². The van der Waals surface area contributed by atoms with E-state index in [0.29, 0.717) is 5.56 Å². The Morgan fingerprint density at radius 3 is 2.58 bits per heavy atom. The number of nitro groups is 1. The van der Waals surface area contributed by atoms with Crippen LogP contribution in [0.3, 0.4) is 0 Å². The fraction of sp³-hybridized carbons (Fsp3) is 0.333. The molecule has 1 unspecified atom stereocenters. The third kappa shape index (κ3) is 3.27. The minimum Gasteiger partial charge on any atom is -0.467 e. The zero-order valence-electron chi connectivity index (χ0n) is 10.8. The molecule has 1 amide bonds. The minimum atomic E-state index is -0.878. The minimum absolute atomic E-state index is 0.0525. The standard InChI is InChI=1S/C12H14N2O5/c1-7-5-4-6-9(14(17)18)10(7)11(15)13-8(2)12(16)19-3/h4-6,8H,1-3H3,(H,13,15). The van der Waals surface area contributed by atoms with Gasteiger partial charge in [-0.05, 0) is 19.4 Å². The maximum atomic E-state index is 12.0. The van der Waals surface area contributed by atoms with Crippen molar-refractivity contribution in [3.63, 3.8) is 0 Å². The predicted molar refractivity (Wildman–Crippen MR) is 66.8 cm³/mol. The van der Waals surface area contributed by atoms with Crippen LogP contribution in [0, 0.1) is 17.0 Å². The van der Waals surface area contributed by atoms with Gasteiger partial charge in [0.2, 0.25) is 0 Å². The van der Waals surface area contributed by atoms with Crippen molar-refractivity contribution in [3.8, 4) is 0 Å². The maximum absolute atomic E-state index is 12.0. The second-order valence-electron chi connectivity index (χ2n) is 3.94. The number of rotatable bonds is 4. The molecule has 0 heterocycles. The number of nitrogens with one attached hydrogen (secondary N) is 1. The summed E-state index contributed by atoms with van der Waals surface area (Å²) in [6.45, 7) is 3.03. The number of hydrogen-bond acceptors (Lipinski definition) is 5. The number of nitrogens with zero attached hydrogens (tertiary/aromatic N) is 1. The van der Waals surface area contributed by atoms with Crippen LogP contribution in [0.4, 0.5) is 5.69 Å². The molecule has 0 bridgehead atoms. The quantitative estimate of drug-likeness (QED) is 0.501. The smallest absolute Gasteiger partial charge is 0.328 e. The summed E-state index contributed by atoms with van der Waals surface area (Å²) in [7, 11) is 1.20. The summed E-state index contributed by atoms with van der Waals surface area (Å²) in [5.74, 6) is -1.30. The second kappa shape index (κ2) is 5.94. The van der Waals surface area contributed by atoms with Gasteiger partial charge >= 0.3 is 5.97 Å². The lowest BCUT2D eigenvalue weighted by Crippen LogP contribution is -2.39. The first-order valence-electron chi connectivity index (χ1n) is 5.51. The number of carbonyl (C=O) groups excluding carboxylic acids is 2.